The molecule has 1 aliphatic heterocycles. The van der Waals surface area contributed by atoms with E-state index in [4.69, 9.17) is 4.42 Å². The van der Waals surface area contributed by atoms with Crippen LogP contribution in [-0.4, -0.2) is 39.6 Å². The molecule has 0 unspecified atom stereocenters. The van der Waals surface area contributed by atoms with E-state index in [1.807, 2.05) is 6.92 Å². The van der Waals surface area contributed by atoms with Crippen molar-refractivity contribution in [2.75, 3.05) is 11.9 Å². The molecule has 0 atom stereocenters. The van der Waals surface area contributed by atoms with Gasteiger partial charge in [0.25, 0.3) is 11.1 Å². The Balaban J connectivity index is 1.49. The number of hydrogen-bond donors (Lipinski definition) is 2. The lowest BCUT2D eigenvalue weighted by molar-refractivity contribution is -0.127. The van der Waals surface area contributed by atoms with Gasteiger partial charge in [0.05, 0.1) is 10.5 Å². The molecule has 1 aromatic heterocycles. The van der Waals surface area contributed by atoms with Gasteiger partial charge >= 0.3 is 5.97 Å². The second kappa shape index (κ2) is 9.17. The molecule has 8 nitrogen and oxygen atoms in total. The van der Waals surface area contributed by atoms with Crippen LogP contribution in [0.5, 0.6) is 0 Å². The molecule has 1 fully saturated rings. The first-order valence-corrected chi connectivity index (χ1v) is 10.7. The molecule has 33 heavy (non-hydrogen) atoms. The van der Waals surface area contributed by atoms with Gasteiger partial charge in [0.15, 0.2) is 0 Å². The number of rotatable bonds is 6. The third kappa shape index (κ3) is 4.88. The van der Waals surface area contributed by atoms with Crippen LogP contribution in [0.1, 0.15) is 21.7 Å². The van der Waals surface area contributed by atoms with Gasteiger partial charge in [-0.05, 0) is 60.6 Å². The van der Waals surface area contributed by atoms with Gasteiger partial charge in [-0.25, -0.2) is 4.79 Å². The maximum atomic E-state index is 12.7. The highest BCUT2D eigenvalue weighted by Crippen LogP contribution is 2.34. The predicted molar refractivity (Wildman–Crippen MR) is 124 cm³/mol. The van der Waals surface area contributed by atoms with Crippen LogP contribution in [0, 0.1) is 6.92 Å². The molecular formula is C24H18N2O6S. The minimum Gasteiger partial charge on any atom is -0.478 e. The highest BCUT2D eigenvalue weighted by Gasteiger charge is 2.36. The number of aryl methyl sites for hydroxylation is 1. The molecule has 3 aromatic rings. The highest BCUT2D eigenvalue weighted by molar-refractivity contribution is 8.18. The summed E-state index contributed by atoms with van der Waals surface area (Å²) >= 11 is 0.720. The van der Waals surface area contributed by atoms with Gasteiger partial charge in [0, 0.05) is 17.3 Å². The minimum atomic E-state index is -1.05. The first-order valence-electron chi connectivity index (χ1n) is 9.86. The maximum absolute atomic E-state index is 12.7. The van der Waals surface area contributed by atoms with Crippen LogP contribution < -0.4 is 5.32 Å². The standard InChI is InChI=1S/C24H18N2O6S/c1-14-7-8-15(23(29)30)11-18(14)19-10-9-17(32-19)12-20-22(28)26(24(31)33-20)13-21(27)25-16-5-3-2-4-6-16/h2-12H,13H2,1H3,(H,25,27)(H,29,30)/b20-12+. The van der Waals surface area contributed by atoms with Crippen molar-refractivity contribution in [3.63, 3.8) is 0 Å². The zero-order valence-corrected chi connectivity index (χ0v) is 18.2. The van der Waals surface area contributed by atoms with Crippen LogP contribution in [0.15, 0.2) is 70.0 Å². The summed E-state index contributed by atoms with van der Waals surface area (Å²) in [5, 5.41) is 11.3. The highest BCUT2D eigenvalue weighted by atomic mass is 32.2. The molecule has 9 heteroatoms. The van der Waals surface area contributed by atoms with Gasteiger partial charge in [-0.2, -0.15) is 0 Å². The first kappa shape index (κ1) is 22.1. The molecule has 0 spiro atoms. The molecule has 1 saturated heterocycles. The van der Waals surface area contributed by atoms with Crippen molar-refractivity contribution in [1.82, 2.24) is 4.90 Å². The number of furan rings is 1. The summed E-state index contributed by atoms with van der Waals surface area (Å²) in [6.07, 6.45) is 1.43. The number of nitrogens with one attached hydrogen (secondary N) is 1. The second-order valence-electron chi connectivity index (χ2n) is 7.22. The Morgan fingerprint density at radius 2 is 1.85 bits per heavy atom. The Labute approximate surface area is 192 Å². The van der Waals surface area contributed by atoms with Crippen LogP contribution in [0.2, 0.25) is 0 Å². The van der Waals surface area contributed by atoms with E-state index >= 15 is 0 Å². The number of amides is 3. The SMILES string of the molecule is Cc1ccc(C(=O)O)cc1-c1ccc(/C=C2/SC(=O)N(CC(=O)Nc3ccccc3)C2=O)o1. The normalized spacial score (nSPS) is 14.7. The Morgan fingerprint density at radius 3 is 2.58 bits per heavy atom. The lowest BCUT2D eigenvalue weighted by Gasteiger charge is -2.12. The number of carboxylic acid groups (broad SMARTS) is 1. The molecule has 2 aromatic carbocycles. The zero-order valence-electron chi connectivity index (χ0n) is 17.4. The fraction of sp³-hybridized carbons (Fsp3) is 0.0833. The Hall–Kier alpha value is -4.11. The number of thioether (sulfide) groups is 1. The van der Waals surface area contributed by atoms with Gasteiger partial charge in [-0.3, -0.25) is 19.3 Å². The summed E-state index contributed by atoms with van der Waals surface area (Å²) in [5.41, 5.74) is 2.13. The number of carboxylic acids is 1. The number of anilines is 1. The van der Waals surface area contributed by atoms with Crippen molar-refractivity contribution < 1.29 is 28.7 Å². The average molecular weight is 462 g/mol. The lowest BCUT2D eigenvalue weighted by Crippen LogP contribution is -2.36. The zero-order chi connectivity index (χ0) is 23.5. The summed E-state index contributed by atoms with van der Waals surface area (Å²) < 4.78 is 5.78. The Morgan fingerprint density at radius 1 is 1.09 bits per heavy atom. The van der Waals surface area contributed by atoms with Crippen LogP contribution >= 0.6 is 11.8 Å². The third-order valence-corrected chi connectivity index (χ3v) is 5.79. The van der Waals surface area contributed by atoms with Crippen LogP contribution in [0.3, 0.4) is 0 Å². The molecule has 0 bridgehead atoms. The number of hydrogen-bond acceptors (Lipinski definition) is 6. The number of carbonyl (C=O) groups excluding carboxylic acids is 3. The molecule has 4 rings (SSSR count). The topological polar surface area (TPSA) is 117 Å². The van der Waals surface area contributed by atoms with Crippen molar-refractivity contribution >= 4 is 46.5 Å². The van der Waals surface area contributed by atoms with E-state index in [0.717, 1.165) is 22.2 Å². The fourth-order valence-electron chi connectivity index (χ4n) is 3.23. The monoisotopic (exact) mass is 462 g/mol. The summed E-state index contributed by atoms with van der Waals surface area (Å²) in [4.78, 5) is 49.5. The van der Waals surface area contributed by atoms with Gasteiger partial charge in [-0.1, -0.05) is 24.3 Å². The first-order chi connectivity index (χ1) is 15.8. The minimum absolute atomic E-state index is 0.128. The van der Waals surface area contributed by atoms with Gasteiger partial charge in [0.1, 0.15) is 18.1 Å². The lowest BCUT2D eigenvalue weighted by atomic mass is 10.0. The van der Waals surface area contributed by atoms with Crippen molar-refractivity contribution in [1.29, 1.82) is 0 Å². The van der Waals surface area contributed by atoms with E-state index in [1.165, 1.54) is 18.2 Å². The van der Waals surface area contributed by atoms with Crippen LogP contribution in [0.4, 0.5) is 10.5 Å². The van der Waals surface area contributed by atoms with Crippen molar-refractivity contribution in [3.8, 4) is 11.3 Å². The maximum Gasteiger partial charge on any atom is 0.335 e. The summed E-state index contributed by atoms with van der Waals surface area (Å²) in [7, 11) is 0. The van der Waals surface area contributed by atoms with Gasteiger partial charge in [0.2, 0.25) is 5.91 Å². The van der Waals surface area contributed by atoms with E-state index in [9.17, 15) is 24.3 Å². The second-order valence-corrected chi connectivity index (χ2v) is 8.21. The van der Waals surface area contributed by atoms with Crippen LogP contribution in [0.25, 0.3) is 17.4 Å². The van der Waals surface area contributed by atoms with E-state index < -0.39 is 29.6 Å². The van der Waals surface area contributed by atoms with E-state index in [1.54, 1.807) is 48.5 Å². The third-order valence-electron chi connectivity index (χ3n) is 4.88. The van der Waals surface area contributed by atoms with Gasteiger partial charge in [-0.15, -0.1) is 0 Å². The van der Waals surface area contributed by atoms with Crippen LogP contribution in [-0.2, 0) is 9.59 Å². The smallest absolute Gasteiger partial charge is 0.335 e. The number of nitrogens with zero attached hydrogens (tertiary/aromatic N) is 1. The van der Waals surface area contributed by atoms with Crippen molar-refractivity contribution in [3.05, 3.63) is 82.5 Å². The molecule has 1 aliphatic rings. The summed E-state index contributed by atoms with van der Waals surface area (Å²) in [6.45, 7) is 1.43. The Bertz CT molecular complexity index is 1300. The molecule has 166 valence electrons. The summed E-state index contributed by atoms with van der Waals surface area (Å²) in [6, 6.07) is 16.7. The molecule has 0 radical (unpaired) electrons. The van der Waals surface area contributed by atoms with E-state index in [2.05, 4.69) is 5.32 Å². The quantitative estimate of drug-likeness (QED) is 0.513. The number of aromatic carboxylic acids is 1. The summed E-state index contributed by atoms with van der Waals surface area (Å²) in [5.74, 6) is -1.37. The van der Waals surface area contributed by atoms with E-state index in [-0.39, 0.29) is 10.5 Å². The molecule has 2 heterocycles. The van der Waals surface area contributed by atoms with Gasteiger partial charge < -0.3 is 14.8 Å². The largest absolute Gasteiger partial charge is 0.478 e. The fourth-order valence-corrected chi connectivity index (χ4v) is 4.05. The predicted octanol–water partition coefficient (Wildman–Crippen LogP) is 4.63. The number of imide groups is 1. The molecule has 2 N–H and O–H groups in total. The van der Waals surface area contributed by atoms with E-state index in [0.29, 0.717) is 22.8 Å². The number of benzene rings is 2. The molecule has 0 saturated carbocycles. The molecule has 3 amide bonds. The Kier molecular flexibility index (Phi) is 6.14. The number of para-hydroxylation sites is 1. The number of carbonyl (C=O) groups is 4. The molecule has 0 aliphatic carbocycles. The van der Waals surface area contributed by atoms with Crippen molar-refractivity contribution in [2.24, 2.45) is 0 Å². The van der Waals surface area contributed by atoms with Crippen molar-refractivity contribution in [2.45, 2.75) is 6.92 Å². The molecular weight excluding hydrogens is 444 g/mol. The average Bonchev–Trinajstić information content (AvgIpc) is 3.35.